The van der Waals surface area contributed by atoms with Crippen molar-refractivity contribution in [2.45, 2.75) is 13.3 Å². The maximum Gasteiger partial charge on any atom is 0.340 e. The van der Waals surface area contributed by atoms with E-state index in [0.29, 0.717) is 11.6 Å². The first kappa shape index (κ1) is 12.5. The molecule has 0 spiro atoms. The molecule has 0 aromatic heterocycles. The Morgan fingerprint density at radius 3 is 2.67 bits per heavy atom. The highest BCUT2D eigenvalue weighted by molar-refractivity contribution is 5.96. The minimum atomic E-state index is -0.761. The molecule has 0 radical (unpaired) electrons. The van der Waals surface area contributed by atoms with Gasteiger partial charge in [-0.2, -0.15) is 0 Å². The van der Waals surface area contributed by atoms with Gasteiger partial charge in [-0.05, 0) is 30.5 Å². The van der Waals surface area contributed by atoms with Gasteiger partial charge in [0.1, 0.15) is 5.82 Å². The molecular weight excluding hydrogens is 237 g/mol. The third-order valence-electron chi connectivity index (χ3n) is 3.09. The predicted molar refractivity (Wildman–Crippen MR) is 63.6 cm³/mol. The molecule has 1 aliphatic rings. The lowest BCUT2D eigenvalue weighted by Crippen LogP contribution is -2.15. The molecule has 2 rings (SSSR count). The van der Waals surface area contributed by atoms with Gasteiger partial charge in [0, 0.05) is 11.6 Å². The average Bonchev–Trinajstić information content (AvgIpc) is 3.08. The van der Waals surface area contributed by atoms with Gasteiger partial charge in [0.2, 0.25) is 5.91 Å². The Morgan fingerprint density at radius 1 is 1.44 bits per heavy atom. The number of amides is 1. The van der Waals surface area contributed by atoms with Crippen LogP contribution in [0.3, 0.4) is 0 Å². The lowest BCUT2D eigenvalue weighted by Gasteiger charge is -2.07. The number of hydrogen-bond donors (Lipinski definition) is 1. The Kier molecular flexibility index (Phi) is 3.32. The number of nitrogens with one attached hydrogen (secondary N) is 1. The first-order valence-electron chi connectivity index (χ1n) is 5.71. The zero-order chi connectivity index (χ0) is 13.3. The lowest BCUT2D eigenvalue weighted by molar-refractivity contribution is -0.117. The van der Waals surface area contributed by atoms with Crippen molar-refractivity contribution in [1.29, 1.82) is 0 Å². The summed E-state index contributed by atoms with van der Waals surface area (Å²) in [5, 5.41) is 2.67. The number of carbonyl (C=O) groups is 2. The predicted octanol–water partition coefficient (Wildman–Crippen LogP) is 2.21. The molecule has 1 amide bonds. The molecule has 0 bridgehead atoms. The largest absolute Gasteiger partial charge is 0.465 e. The van der Waals surface area contributed by atoms with E-state index in [0.717, 1.165) is 12.5 Å². The minimum Gasteiger partial charge on any atom is -0.465 e. The molecule has 4 nitrogen and oxygen atoms in total. The molecule has 1 aromatic carbocycles. The number of hydrogen-bond acceptors (Lipinski definition) is 3. The molecule has 18 heavy (non-hydrogen) atoms. The van der Waals surface area contributed by atoms with E-state index in [1.54, 1.807) is 0 Å². The summed E-state index contributed by atoms with van der Waals surface area (Å²) in [4.78, 5) is 23.0. The summed E-state index contributed by atoms with van der Waals surface area (Å²) in [6, 6.07) is 3.84. The van der Waals surface area contributed by atoms with Crippen molar-refractivity contribution in [3.63, 3.8) is 0 Å². The van der Waals surface area contributed by atoms with Gasteiger partial charge in [0.15, 0.2) is 0 Å². The van der Waals surface area contributed by atoms with Crippen LogP contribution in [-0.2, 0) is 9.53 Å². The Balaban J connectivity index is 2.14. The fourth-order valence-electron chi connectivity index (χ4n) is 1.79. The number of anilines is 1. The van der Waals surface area contributed by atoms with Crippen molar-refractivity contribution < 1.29 is 18.7 Å². The van der Waals surface area contributed by atoms with Gasteiger partial charge in [-0.1, -0.05) is 6.92 Å². The second-order valence-corrected chi connectivity index (χ2v) is 4.49. The molecule has 1 aromatic rings. The molecule has 1 fully saturated rings. The van der Waals surface area contributed by atoms with Crippen LogP contribution in [0.1, 0.15) is 23.7 Å². The quantitative estimate of drug-likeness (QED) is 0.838. The van der Waals surface area contributed by atoms with Crippen LogP contribution in [0.4, 0.5) is 10.1 Å². The van der Waals surface area contributed by atoms with Crippen LogP contribution in [0.5, 0.6) is 0 Å². The smallest absolute Gasteiger partial charge is 0.340 e. The van der Waals surface area contributed by atoms with Gasteiger partial charge in [-0.3, -0.25) is 4.79 Å². The maximum absolute atomic E-state index is 13.4. The Bertz CT molecular complexity index is 501. The van der Waals surface area contributed by atoms with Crippen LogP contribution in [0.15, 0.2) is 18.2 Å². The van der Waals surface area contributed by atoms with E-state index < -0.39 is 11.8 Å². The molecule has 0 unspecified atom stereocenters. The van der Waals surface area contributed by atoms with Crippen LogP contribution in [0, 0.1) is 17.7 Å². The zero-order valence-electron chi connectivity index (χ0n) is 10.2. The highest BCUT2D eigenvalue weighted by Crippen LogP contribution is 2.38. The molecule has 0 heterocycles. The second-order valence-electron chi connectivity index (χ2n) is 4.49. The number of rotatable bonds is 3. The van der Waals surface area contributed by atoms with Crippen LogP contribution < -0.4 is 5.32 Å². The van der Waals surface area contributed by atoms with Gasteiger partial charge >= 0.3 is 5.97 Å². The highest BCUT2D eigenvalue weighted by Gasteiger charge is 2.39. The number of carbonyl (C=O) groups excluding carboxylic acids is 2. The highest BCUT2D eigenvalue weighted by atomic mass is 19.1. The van der Waals surface area contributed by atoms with Crippen LogP contribution >= 0.6 is 0 Å². The molecule has 1 N–H and O–H groups in total. The SMILES string of the molecule is COC(=O)c1cc(NC(=O)[C@@H]2C[C@@H]2C)ccc1F. The molecule has 0 saturated heterocycles. The summed E-state index contributed by atoms with van der Waals surface area (Å²) in [5.41, 5.74) is 0.222. The molecule has 1 saturated carbocycles. The van der Waals surface area contributed by atoms with Crippen molar-refractivity contribution in [2.24, 2.45) is 11.8 Å². The second kappa shape index (κ2) is 4.76. The molecule has 5 heteroatoms. The summed E-state index contributed by atoms with van der Waals surface area (Å²) in [6.07, 6.45) is 0.872. The third kappa shape index (κ3) is 2.50. The zero-order valence-corrected chi connectivity index (χ0v) is 10.2. The van der Waals surface area contributed by atoms with Crippen molar-refractivity contribution in [2.75, 3.05) is 12.4 Å². The summed E-state index contributed by atoms with van der Waals surface area (Å²) >= 11 is 0. The standard InChI is InChI=1S/C13H14FNO3/c1-7-5-9(7)12(16)15-8-3-4-11(14)10(6-8)13(17)18-2/h3-4,6-7,9H,5H2,1-2H3,(H,15,16)/t7-,9+/m0/s1. The normalized spacial score (nSPS) is 21.3. The topological polar surface area (TPSA) is 55.4 Å². The van der Waals surface area contributed by atoms with E-state index in [1.165, 1.54) is 19.2 Å². The minimum absolute atomic E-state index is 0.0247. The third-order valence-corrected chi connectivity index (χ3v) is 3.09. The van der Waals surface area contributed by atoms with Crippen molar-refractivity contribution >= 4 is 17.6 Å². The number of methoxy groups -OCH3 is 1. The first-order valence-corrected chi connectivity index (χ1v) is 5.71. The molecule has 0 aliphatic heterocycles. The van der Waals surface area contributed by atoms with Gasteiger partial charge in [-0.15, -0.1) is 0 Å². The van der Waals surface area contributed by atoms with E-state index in [2.05, 4.69) is 10.1 Å². The van der Waals surface area contributed by atoms with E-state index in [4.69, 9.17) is 0 Å². The van der Waals surface area contributed by atoms with E-state index >= 15 is 0 Å². The molecule has 2 atom stereocenters. The van der Waals surface area contributed by atoms with E-state index in [9.17, 15) is 14.0 Å². The fraction of sp³-hybridized carbons (Fsp3) is 0.385. The van der Waals surface area contributed by atoms with Gasteiger partial charge in [0.05, 0.1) is 12.7 Å². The lowest BCUT2D eigenvalue weighted by atomic mass is 10.2. The summed E-state index contributed by atoms with van der Waals surface area (Å²) in [6.45, 7) is 1.99. The van der Waals surface area contributed by atoms with E-state index in [1.807, 2.05) is 6.92 Å². The average molecular weight is 251 g/mol. The molecular formula is C13H14FNO3. The Morgan fingerprint density at radius 2 is 2.11 bits per heavy atom. The summed E-state index contributed by atoms with van der Waals surface area (Å²) < 4.78 is 17.8. The van der Waals surface area contributed by atoms with Gasteiger partial charge < -0.3 is 10.1 Å². The van der Waals surface area contributed by atoms with Crippen LogP contribution in [0.25, 0.3) is 0 Å². The number of halogens is 1. The van der Waals surface area contributed by atoms with Crippen molar-refractivity contribution in [3.05, 3.63) is 29.6 Å². The fourth-order valence-corrected chi connectivity index (χ4v) is 1.79. The number of ether oxygens (including phenoxy) is 1. The number of esters is 1. The molecule has 1 aliphatic carbocycles. The summed E-state index contributed by atoms with van der Waals surface area (Å²) in [7, 11) is 1.18. The van der Waals surface area contributed by atoms with Gasteiger partial charge in [-0.25, -0.2) is 9.18 Å². The van der Waals surface area contributed by atoms with Crippen molar-refractivity contribution in [3.8, 4) is 0 Å². The van der Waals surface area contributed by atoms with E-state index in [-0.39, 0.29) is 17.4 Å². The van der Waals surface area contributed by atoms with Gasteiger partial charge in [0.25, 0.3) is 0 Å². The number of benzene rings is 1. The monoisotopic (exact) mass is 251 g/mol. The maximum atomic E-state index is 13.4. The molecule has 96 valence electrons. The van der Waals surface area contributed by atoms with Crippen molar-refractivity contribution in [1.82, 2.24) is 0 Å². The summed E-state index contributed by atoms with van der Waals surface area (Å²) in [5.74, 6) is -1.10. The van der Waals surface area contributed by atoms with Crippen LogP contribution in [0.2, 0.25) is 0 Å². The van der Waals surface area contributed by atoms with Crippen LogP contribution in [-0.4, -0.2) is 19.0 Å². The first-order chi connectivity index (χ1) is 8.52. The Labute approximate surface area is 104 Å². The Hall–Kier alpha value is -1.91.